The lowest BCUT2D eigenvalue weighted by molar-refractivity contribution is 0.455. The van der Waals surface area contributed by atoms with Crippen LogP contribution in [0.2, 0.25) is 0 Å². The third-order valence-electron chi connectivity index (χ3n) is 2.39. The molecule has 2 heterocycles. The molecule has 18 heavy (non-hydrogen) atoms. The van der Waals surface area contributed by atoms with E-state index in [1.807, 2.05) is 32.0 Å². The van der Waals surface area contributed by atoms with E-state index in [0.717, 1.165) is 17.0 Å². The Morgan fingerprint density at radius 2 is 2.11 bits per heavy atom. The monoisotopic (exact) mass is 259 g/mol. The van der Waals surface area contributed by atoms with Gasteiger partial charge in [0, 0.05) is 23.5 Å². The SMILES string of the molecule is Cc1cc(C(N)=S)cc(Oc2cccnc2C)n1. The molecule has 0 saturated carbocycles. The van der Waals surface area contributed by atoms with Gasteiger partial charge in [-0.05, 0) is 32.0 Å². The maximum atomic E-state index is 5.69. The molecule has 0 radical (unpaired) electrons. The minimum absolute atomic E-state index is 0.327. The summed E-state index contributed by atoms with van der Waals surface area (Å²) in [5.41, 5.74) is 7.96. The first-order valence-electron chi connectivity index (χ1n) is 5.44. The zero-order chi connectivity index (χ0) is 13.1. The average molecular weight is 259 g/mol. The van der Waals surface area contributed by atoms with Gasteiger partial charge in [-0.3, -0.25) is 4.98 Å². The summed E-state index contributed by atoms with van der Waals surface area (Å²) in [7, 11) is 0. The lowest BCUT2D eigenvalue weighted by Gasteiger charge is -2.09. The van der Waals surface area contributed by atoms with Crippen molar-refractivity contribution in [2.24, 2.45) is 5.73 Å². The third kappa shape index (κ3) is 2.81. The second-order valence-corrected chi connectivity index (χ2v) is 4.33. The maximum absolute atomic E-state index is 5.69. The summed E-state index contributed by atoms with van der Waals surface area (Å²) in [6.45, 7) is 3.74. The minimum Gasteiger partial charge on any atom is -0.437 e. The van der Waals surface area contributed by atoms with Crippen molar-refractivity contribution in [2.75, 3.05) is 0 Å². The number of hydrogen-bond donors (Lipinski definition) is 1. The summed E-state index contributed by atoms with van der Waals surface area (Å²) in [6, 6.07) is 7.20. The van der Waals surface area contributed by atoms with E-state index in [2.05, 4.69) is 9.97 Å². The molecule has 0 amide bonds. The lowest BCUT2D eigenvalue weighted by atomic mass is 10.2. The Morgan fingerprint density at radius 1 is 1.33 bits per heavy atom. The summed E-state index contributed by atoms with van der Waals surface area (Å²) in [5.74, 6) is 1.14. The van der Waals surface area contributed by atoms with Gasteiger partial charge in [0.15, 0.2) is 5.75 Å². The van der Waals surface area contributed by atoms with Crippen LogP contribution in [-0.2, 0) is 0 Å². The van der Waals surface area contributed by atoms with E-state index in [1.54, 1.807) is 12.3 Å². The van der Waals surface area contributed by atoms with Gasteiger partial charge >= 0.3 is 0 Å². The van der Waals surface area contributed by atoms with Crippen molar-refractivity contribution in [3.05, 3.63) is 47.4 Å². The van der Waals surface area contributed by atoms with Crippen molar-refractivity contribution < 1.29 is 4.74 Å². The van der Waals surface area contributed by atoms with Gasteiger partial charge in [0.2, 0.25) is 5.88 Å². The Morgan fingerprint density at radius 3 is 2.78 bits per heavy atom. The first kappa shape index (κ1) is 12.4. The number of pyridine rings is 2. The van der Waals surface area contributed by atoms with Crippen molar-refractivity contribution in [1.82, 2.24) is 9.97 Å². The van der Waals surface area contributed by atoms with Crippen LogP contribution in [0.4, 0.5) is 0 Å². The summed E-state index contributed by atoms with van der Waals surface area (Å²) in [4.78, 5) is 8.77. The summed E-state index contributed by atoms with van der Waals surface area (Å²) >= 11 is 4.95. The molecular weight excluding hydrogens is 246 g/mol. The molecule has 0 unspecified atom stereocenters. The Labute approximate surface area is 111 Å². The first-order chi connectivity index (χ1) is 8.56. The van der Waals surface area contributed by atoms with Gasteiger partial charge in [-0.2, -0.15) is 0 Å². The van der Waals surface area contributed by atoms with Crippen LogP contribution in [-0.4, -0.2) is 15.0 Å². The van der Waals surface area contributed by atoms with Crippen molar-refractivity contribution in [2.45, 2.75) is 13.8 Å². The van der Waals surface area contributed by atoms with E-state index < -0.39 is 0 Å². The Hall–Kier alpha value is -2.01. The number of rotatable bonds is 3. The number of hydrogen-bond acceptors (Lipinski definition) is 4. The molecule has 5 heteroatoms. The average Bonchev–Trinajstić information content (AvgIpc) is 2.31. The second-order valence-electron chi connectivity index (χ2n) is 3.89. The van der Waals surface area contributed by atoms with E-state index in [4.69, 9.17) is 22.7 Å². The van der Waals surface area contributed by atoms with Crippen LogP contribution in [0.5, 0.6) is 11.6 Å². The van der Waals surface area contributed by atoms with Crippen molar-refractivity contribution in [3.63, 3.8) is 0 Å². The Bertz CT molecular complexity index is 599. The molecule has 0 saturated heterocycles. The molecule has 2 aromatic rings. The van der Waals surface area contributed by atoms with E-state index in [9.17, 15) is 0 Å². The van der Waals surface area contributed by atoms with Crippen LogP contribution >= 0.6 is 12.2 Å². The van der Waals surface area contributed by atoms with Gasteiger partial charge < -0.3 is 10.5 Å². The second kappa shape index (κ2) is 5.10. The van der Waals surface area contributed by atoms with E-state index in [1.165, 1.54) is 0 Å². The quantitative estimate of drug-likeness (QED) is 0.858. The highest BCUT2D eigenvalue weighted by atomic mass is 32.1. The van der Waals surface area contributed by atoms with Gasteiger partial charge in [0.25, 0.3) is 0 Å². The number of nitrogens with zero attached hydrogens (tertiary/aromatic N) is 2. The first-order valence-corrected chi connectivity index (χ1v) is 5.85. The summed E-state index contributed by atoms with van der Waals surface area (Å²) < 4.78 is 5.69. The highest BCUT2D eigenvalue weighted by molar-refractivity contribution is 7.80. The predicted molar refractivity (Wildman–Crippen MR) is 73.9 cm³/mol. The number of thiocarbonyl (C=S) groups is 1. The topological polar surface area (TPSA) is 61.0 Å². The molecule has 2 aromatic heterocycles. The van der Waals surface area contributed by atoms with Crippen LogP contribution in [0.25, 0.3) is 0 Å². The zero-order valence-corrected chi connectivity index (χ0v) is 11.0. The molecule has 2 N–H and O–H groups in total. The van der Waals surface area contributed by atoms with Crippen LogP contribution in [0, 0.1) is 13.8 Å². The Balaban J connectivity index is 2.35. The van der Waals surface area contributed by atoms with E-state index in [-0.39, 0.29) is 0 Å². The van der Waals surface area contributed by atoms with Crippen LogP contribution in [0.1, 0.15) is 17.0 Å². The summed E-state index contributed by atoms with van der Waals surface area (Å²) in [5, 5.41) is 0. The summed E-state index contributed by atoms with van der Waals surface area (Å²) in [6.07, 6.45) is 1.71. The molecular formula is C13H13N3OS. The smallest absolute Gasteiger partial charge is 0.220 e. The van der Waals surface area contributed by atoms with Crippen molar-refractivity contribution in [1.29, 1.82) is 0 Å². The molecule has 0 aliphatic carbocycles. The highest BCUT2D eigenvalue weighted by Crippen LogP contribution is 2.22. The molecule has 4 nitrogen and oxygen atoms in total. The van der Waals surface area contributed by atoms with Crippen molar-refractivity contribution >= 4 is 17.2 Å². The molecule has 0 bridgehead atoms. The molecule has 0 aliphatic rings. The van der Waals surface area contributed by atoms with Crippen LogP contribution in [0.15, 0.2) is 30.5 Å². The highest BCUT2D eigenvalue weighted by Gasteiger charge is 2.06. The van der Waals surface area contributed by atoms with Gasteiger partial charge in [-0.25, -0.2) is 4.98 Å². The molecule has 2 rings (SSSR count). The normalized spacial score (nSPS) is 10.1. The fourth-order valence-electron chi connectivity index (χ4n) is 1.52. The fourth-order valence-corrected chi connectivity index (χ4v) is 1.64. The zero-order valence-electron chi connectivity index (χ0n) is 10.2. The molecule has 0 atom stereocenters. The number of nitrogens with two attached hydrogens (primary N) is 1. The molecule has 0 spiro atoms. The standard InChI is InChI=1S/C13H13N3OS/c1-8-6-10(13(14)18)7-12(16-8)17-11-4-3-5-15-9(11)2/h3-7H,1-2H3,(H2,14,18). The fraction of sp³-hybridized carbons (Fsp3) is 0.154. The van der Waals surface area contributed by atoms with Gasteiger partial charge in [-0.15, -0.1) is 0 Å². The Kier molecular flexibility index (Phi) is 3.53. The van der Waals surface area contributed by atoms with Gasteiger partial charge in [-0.1, -0.05) is 12.2 Å². The van der Waals surface area contributed by atoms with Gasteiger partial charge in [0.05, 0.1) is 5.69 Å². The lowest BCUT2D eigenvalue weighted by Crippen LogP contribution is -2.10. The molecule has 92 valence electrons. The third-order valence-corrected chi connectivity index (χ3v) is 2.62. The van der Waals surface area contributed by atoms with Crippen LogP contribution < -0.4 is 10.5 Å². The van der Waals surface area contributed by atoms with Gasteiger partial charge in [0.1, 0.15) is 4.99 Å². The van der Waals surface area contributed by atoms with Crippen LogP contribution in [0.3, 0.4) is 0 Å². The largest absolute Gasteiger partial charge is 0.437 e. The predicted octanol–water partition coefficient (Wildman–Crippen LogP) is 2.52. The molecule has 0 aromatic carbocycles. The van der Waals surface area contributed by atoms with E-state index >= 15 is 0 Å². The molecule has 0 aliphatic heterocycles. The number of aryl methyl sites for hydroxylation is 2. The van der Waals surface area contributed by atoms with Crippen molar-refractivity contribution in [3.8, 4) is 11.6 Å². The van der Waals surface area contributed by atoms with E-state index in [0.29, 0.717) is 16.6 Å². The molecule has 0 fully saturated rings. The number of aromatic nitrogens is 2. The maximum Gasteiger partial charge on any atom is 0.220 e. The number of ether oxygens (including phenoxy) is 1. The minimum atomic E-state index is 0.327.